The number of hydrogen-bond acceptors (Lipinski definition) is 6. The summed E-state index contributed by atoms with van der Waals surface area (Å²) in [6.45, 7) is 8.09. The molecule has 0 radical (unpaired) electrons. The van der Waals surface area contributed by atoms with E-state index in [0.717, 1.165) is 41.8 Å². The second-order valence-corrected chi connectivity index (χ2v) is 5.30. The summed E-state index contributed by atoms with van der Waals surface area (Å²) in [6, 6.07) is 3.99. The Balaban J connectivity index is 1.82. The smallest absolute Gasteiger partial charge is 0.132 e. The van der Waals surface area contributed by atoms with Gasteiger partial charge >= 0.3 is 0 Å². The molecule has 21 heavy (non-hydrogen) atoms. The number of nitrogens with zero attached hydrogens (tertiary/aromatic N) is 5. The maximum absolute atomic E-state index is 5.88. The minimum atomic E-state index is -0.0468. The maximum atomic E-state index is 5.88. The number of aromatic nitrogens is 4. The topological polar surface area (TPSA) is 64.0 Å². The van der Waals surface area contributed by atoms with Gasteiger partial charge in [0.2, 0.25) is 0 Å². The summed E-state index contributed by atoms with van der Waals surface area (Å²) < 4.78 is 5.88. The van der Waals surface area contributed by atoms with E-state index in [1.807, 2.05) is 32.9 Å². The molecule has 6 nitrogen and oxygen atoms in total. The number of ether oxygens (including phenoxy) is 1. The Bertz CT molecular complexity index is 625. The summed E-state index contributed by atoms with van der Waals surface area (Å²) in [7, 11) is 0. The van der Waals surface area contributed by atoms with Gasteiger partial charge in [-0.05, 0) is 26.8 Å². The minimum absolute atomic E-state index is 0.0468. The first-order chi connectivity index (χ1) is 10.1. The molecule has 0 spiro atoms. The fraction of sp³-hybridized carbons (Fsp3) is 0.467. The van der Waals surface area contributed by atoms with Crippen molar-refractivity contribution in [1.29, 1.82) is 0 Å². The number of anilines is 1. The van der Waals surface area contributed by atoms with Gasteiger partial charge in [0.05, 0.1) is 18.8 Å². The lowest BCUT2D eigenvalue weighted by Crippen LogP contribution is -2.39. The van der Waals surface area contributed by atoms with E-state index in [9.17, 15) is 0 Å². The number of hydrogen-bond donors (Lipinski definition) is 0. The molecule has 0 N–H and O–H groups in total. The van der Waals surface area contributed by atoms with Crippen molar-refractivity contribution < 1.29 is 4.74 Å². The minimum Gasteiger partial charge on any atom is -0.368 e. The van der Waals surface area contributed by atoms with Gasteiger partial charge in [-0.15, -0.1) is 0 Å². The molecule has 1 aliphatic rings. The van der Waals surface area contributed by atoms with Crippen LogP contribution in [0.25, 0.3) is 0 Å². The third-order valence-electron chi connectivity index (χ3n) is 3.50. The van der Waals surface area contributed by atoms with Gasteiger partial charge < -0.3 is 9.64 Å². The van der Waals surface area contributed by atoms with Crippen molar-refractivity contribution in [1.82, 2.24) is 19.9 Å². The van der Waals surface area contributed by atoms with Gasteiger partial charge in [0.15, 0.2) is 0 Å². The van der Waals surface area contributed by atoms with E-state index in [-0.39, 0.29) is 6.10 Å². The third kappa shape index (κ3) is 3.16. The number of morpholine rings is 1. The van der Waals surface area contributed by atoms with Gasteiger partial charge in [0.25, 0.3) is 0 Å². The summed E-state index contributed by atoms with van der Waals surface area (Å²) in [5.74, 6) is 1.72. The molecule has 0 bridgehead atoms. The first-order valence-corrected chi connectivity index (χ1v) is 7.09. The van der Waals surface area contributed by atoms with Crippen molar-refractivity contribution in [3.05, 3.63) is 41.4 Å². The second-order valence-electron chi connectivity index (χ2n) is 5.30. The predicted molar refractivity (Wildman–Crippen MR) is 79.2 cm³/mol. The van der Waals surface area contributed by atoms with Gasteiger partial charge in [-0.1, -0.05) is 0 Å². The molecule has 3 rings (SSSR count). The summed E-state index contributed by atoms with van der Waals surface area (Å²) in [6.07, 6.45) is 1.56. The van der Waals surface area contributed by atoms with Crippen molar-refractivity contribution in [2.24, 2.45) is 0 Å². The van der Waals surface area contributed by atoms with E-state index in [1.165, 1.54) is 0 Å². The first kappa shape index (κ1) is 13.9. The number of aryl methyl sites for hydroxylation is 3. The number of rotatable bonds is 2. The van der Waals surface area contributed by atoms with Crippen LogP contribution in [0.5, 0.6) is 0 Å². The zero-order chi connectivity index (χ0) is 14.8. The summed E-state index contributed by atoms with van der Waals surface area (Å²) in [5, 5.41) is 0. The van der Waals surface area contributed by atoms with E-state index in [4.69, 9.17) is 4.74 Å². The average molecular weight is 285 g/mol. The van der Waals surface area contributed by atoms with Gasteiger partial charge in [-0.25, -0.2) is 19.9 Å². The molecule has 1 saturated heterocycles. The van der Waals surface area contributed by atoms with Gasteiger partial charge in [-0.3, -0.25) is 0 Å². The predicted octanol–water partition coefficient (Wildman–Crippen LogP) is 1.77. The molecule has 0 aromatic carbocycles. The van der Waals surface area contributed by atoms with Crippen LogP contribution in [0.3, 0.4) is 0 Å². The Labute approximate surface area is 124 Å². The van der Waals surface area contributed by atoms with E-state index in [1.54, 1.807) is 6.33 Å². The summed E-state index contributed by atoms with van der Waals surface area (Å²) in [5.41, 5.74) is 2.88. The Hall–Kier alpha value is -2.08. The van der Waals surface area contributed by atoms with Crippen LogP contribution in [0.15, 0.2) is 18.5 Å². The molecule has 0 saturated carbocycles. The highest BCUT2D eigenvalue weighted by Crippen LogP contribution is 2.24. The molecule has 0 unspecified atom stereocenters. The van der Waals surface area contributed by atoms with Gasteiger partial charge in [0.1, 0.15) is 24.1 Å². The molecule has 0 amide bonds. The highest BCUT2D eigenvalue weighted by molar-refractivity contribution is 5.39. The average Bonchev–Trinajstić information content (AvgIpc) is 2.46. The molecule has 1 fully saturated rings. The fourth-order valence-corrected chi connectivity index (χ4v) is 2.56. The van der Waals surface area contributed by atoms with Crippen LogP contribution in [0.1, 0.15) is 29.0 Å². The highest BCUT2D eigenvalue weighted by atomic mass is 16.5. The SMILES string of the molecule is Cc1cc(N2CCO[C@H](c3cc(C)nc(C)n3)C2)ncn1. The van der Waals surface area contributed by atoms with Crippen LogP contribution < -0.4 is 4.90 Å². The van der Waals surface area contributed by atoms with E-state index >= 15 is 0 Å². The summed E-state index contributed by atoms with van der Waals surface area (Å²) >= 11 is 0. The Kier molecular flexibility index (Phi) is 3.79. The molecule has 2 aromatic heterocycles. The molecule has 1 atom stereocenters. The van der Waals surface area contributed by atoms with Crippen molar-refractivity contribution in [2.45, 2.75) is 26.9 Å². The highest BCUT2D eigenvalue weighted by Gasteiger charge is 2.24. The van der Waals surface area contributed by atoms with Crippen LogP contribution >= 0.6 is 0 Å². The third-order valence-corrected chi connectivity index (χ3v) is 3.50. The molecule has 6 heteroatoms. The molecule has 110 valence electrons. The van der Waals surface area contributed by atoms with Crippen molar-refractivity contribution in [3.8, 4) is 0 Å². The Morgan fingerprint density at radius 2 is 1.95 bits per heavy atom. The Morgan fingerprint density at radius 3 is 2.71 bits per heavy atom. The van der Waals surface area contributed by atoms with Crippen molar-refractivity contribution >= 4 is 5.82 Å². The molecule has 0 aliphatic carbocycles. The monoisotopic (exact) mass is 285 g/mol. The zero-order valence-corrected chi connectivity index (χ0v) is 12.6. The van der Waals surface area contributed by atoms with E-state index in [0.29, 0.717) is 6.61 Å². The Morgan fingerprint density at radius 1 is 1.10 bits per heavy atom. The van der Waals surface area contributed by atoms with E-state index < -0.39 is 0 Å². The standard InChI is InChI=1S/C15H19N5O/c1-10-7-15(17-9-16-10)20-4-5-21-14(8-20)13-6-11(2)18-12(3)19-13/h6-7,9,14H,4-5,8H2,1-3H3/t14-/m0/s1. The summed E-state index contributed by atoms with van der Waals surface area (Å²) in [4.78, 5) is 19.5. The molecule has 1 aliphatic heterocycles. The lowest BCUT2D eigenvalue weighted by molar-refractivity contribution is 0.0365. The second kappa shape index (κ2) is 5.73. The van der Waals surface area contributed by atoms with Crippen LogP contribution in [0, 0.1) is 20.8 Å². The molecule has 3 heterocycles. The van der Waals surface area contributed by atoms with Crippen LogP contribution in [-0.2, 0) is 4.74 Å². The normalized spacial score (nSPS) is 18.8. The lowest BCUT2D eigenvalue weighted by atomic mass is 10.1. The first-order valence-electron chi connectivity index (χ1n) is 7.09. The van der Waals surface area contributed by atoms with E-state index in [2.05, 4.69) is 24.8 Å². The van der Waals surface area contributed by atoms with Crippen LogP contribution in [0.4, 0.5) is 5.82 Å². The molecular weight excluding hydrogens is 266 g/mol. The largest absolute Gasteiger partial charge is 0.368 e. The van der Waals surface area contributed by atoms with Gasteiger partial charge in [0, 0.05) is 24.0 Å². The quantitative estimate of drug-likeness (QED) is 0.838. The van der Waals surface area contributed by atoms with Gasteiger partial charge in [-0.2, -0.15) is 0 Å². The van der Waals surface area contributed by atoms with Crippen LogP contribution in [0.2, 0.25) is 0 Å². The van der Waals surface area contributed by atoms with Crippen molar-refractivity contribution in [3.63, 3.8) is 0 Å². The zero-order valence-electron chi connectivity index (χ0n) is 12.6. The fourth-order valence-electron chi connectivity index (χ4n) is 2.56. The van der Waals surface area contributed by atoms with Crippen LogP contribution in [-0.4, -0.2) is 39.6 Å². The molecule has 2 aromatic rings. The van der Waals surface area contributed by atoms with Crippen molar-refractivity contribution in [2.75, 3.05) is 24.6 Å². The lowest BCUT2D eigenvalue weighted by Gasteiger charge is -2.33. The molecular formula is C15H19N5O. The maximum Gasteiger partial charge on any atom is 0.132 e.